The summed E-state index contributed by atoms with van der Waals surface area (Å²) in [5.41, 5.74) is 5.63. The predicted molar refractivity (Wildman–Crippen MR) is 68.7 cm³/mol. The zero-order valence-corrected chi connectivity index (χ0v) is 11.7. The van der Waals surface area contributed by atoms with Crippen molar-refractivity contribution < 1.29 is 8.42 Å². The number of nitrogens with two attached hydrogens (primary N) is 1. The third kappa shape index (κ3) is 2.69. The lowest BCUT2D eigenvalue weighted by Crippen LogP contribution is -2.39. The van der Waals surface area contributed by atoms with Gasteiger partial charge in [0, 0.05) is 19.3 Å². The lowest BCUT2D eigenvalue weighted by atomic mass is 10.1. The molecule has 0 aromatic carbocycles. The fourth-order valence-corrected chi connectivity index (χ4v) is 3.80. The summed E-state index contributed by atoms with van der Waals surface area (Å²) in [5, 5.41) is 0.106. The van der Waals surface area contributed by atoms with Gasteiger partial charge in [0.15, 0.2) is 5.03 Å². The molecule has 0 amide bonds. The number of halogens is 1. The molecule has 0 aliphatic heterocycles. The van der Waals surface area contributed by atoms with Crippen LogP contribution in [0, 0.1) is 5.92 Å². The van der Waals surface area contributed by atoms with E-state index in [1.54, 1.807) is 7.05 Å². The summed E-state index contributed by atoms with van der Waals surface area (Å²) in [5.74, 6) is 0.207. The molecule has 3 N–H and O–H groups in total. The maximum Gasteiger partial charge on any atom is 0.259 e. The summed E-state index contributed by atoms with van der Waals surface area (Å²) in [7, 11) is -1.96. The van der Waals surface area contributed by atoms with E-state index in [-0.39, 0.29) is 22.3 Å². The van der Waals surface area contributed by atoms with Gasteiger partial charge in [0.05, 0.1) is 0 Å². The monoisotopic (exact) mass is 292 g/mol. The van der Waals surface area contributed by atoms with Crippen molar-refractivity contribution in [2.45, 2.75) is 30.3 Å². The van der Waals surface area contributed by atoms with E-state index < -0.39 is 10.0 Å². The van der Waals surface area contributed by atoms with Crippen LogP contribution in [-0.2, 0) is 17.1 Å². The minimum absolute atomic E-state index is 0.0438. The summed E-state index contributed by atoms with van der Waals surface area (Å²) in [6.45, 7) is 0.496. The average Bonchev–Trinajstić information content (AvgIpc) is 2.86. The Balaban J connectivity index is 2.17. The van der Waals surface area contributed by atoms with Gasteiger partial charge in [0.2, 0.25) is 5.28 Å². The molecule has 8 heteroatoms. The number of hydrogen-bond acceptors (Lipinski definition) is 4. The maximum atomic E-state index is 12.1. The zero-order valence-electron chi connectivity index (χ0n) is 10.1. The summed E-state index contributed by atoms with van der Waals surface area (Å²) >= 11 is 5.75. The van der Waals surface area contributed by atoms with Crippen LogP contribution in [-0.4, -0.2) is 30.6 Å². The molecule has 0 radical (unpaired) electrons. The number of rotatable bonds is 4. The van der Waals surface area contributed by atoms with Crippen LogP contribution in [0.15, 0.2) is 11.2 Å². The maximum absolute atomic E-state index is 12.1. The molecule has 1 saturated carbocycles. The molecule has 1 aromatic heterocycles. The largest absolute Gasteiger partial charge is 0.330 e. The van der Waals surface area contributed by atoms with E-state index >= 15 is 0 Å². The highest BCUT2D eigenvalue weighted by Gasteiger charge is 2.31. The Kier molecular flexibility index (Phi) is 3.96. The summed E-state index contributed by atoms with van der Waals surface area (Å²) in [6, 6.07) is -0.0965. The lowest BCUT2D eigenvalue weighted by Gasteiger charge is -2.18. The number of nitrogens with zero attached hydrogens (tertiary/aromatic N) is 2. The normalized spacial score (nSPS) is 24.6. The molecule has 1 aliphatic rings. The van der Waals surface area contributed by atoms with Gasteiger partial charge in [-0.1, -0.05) is 6.42 Å². The Hall–Kier alpha value is -0.630. The van der Waals surface area contributed by atoms with Crippen LogP contribution >= 0.6 is 11.6 Å². The van der Waals surface area contributed by atoms with E-state index in [1.165, 1.54) is 10.8 Å². The number of hydrogen-bond donors (Lipinski definition) is 2. The number of nitrogens with one attached hydrogen (secondary N) is 1. The van der Waals surface area contributed by atoms with Crippen LogP contribution in [0.5, 0.6) is 0 Å². The number of aryl methyl sites for hydroxylation is 1. The summed E-state index contributed by atoms with van der Waals surface area (Å²) in [4.78, 5) is 3.82. The van der Waals surface area contributed by atoms with E-state index in [9.17, 15) is 8.42 Å². The first-order chi connectivity index (χ1) is 8.44. The molecule has 1 aromatic rings. The van der Waals surface area contributed by atoms with Crippen molar-refractivity contribution in [3.05, 3.63) is 11.5 Å². The van der Waals surface area contributed by atoms with Crippen LogP contribution < -0.4 is 10.5 Å². The fraction of sp³-hybridized carbons (Fsp3) is 0.700. The summed E-state index contributed by atoms with van der Waals surface area (Å²) in [6.07, 6.45) is 4.18. The van der Waals surface area contributed by atoms with E-state index in [0.29, 0.717) is 6.54 Å². The molecular formula is C10H17ClN4O2S. The molecule has 18 heavy (non-hydrogen) atoms. The average molecular weight is 293 g/mol. The SMILES string of the molecule is Cn1cc(S(=O)(=O)N[C@@H]2CCC[C@H]2CN)nc1Cl. The third-order valence-corrected chi connectivity index (χ3v) is 5.05. The molecule has 0 saturated heterocycles. The second-order valence-electron chi connectivity index (χ2n) is 4.61. The molecular weight excluding hydrogens is 276 g/mol. The van der Waals surface area contributed by atoms with Crippen molar-refractivity contribution in [1.82, 2.24) is 14.3 Å². The van der Waals surface area contributed by atoms with E-state index in [2.05, 4.69) is 9.71 Å². The van der Waals surface area contributed by atoms with Crippen molar-refractivity contribution in [3.8, 4) is 0 Å². The second-order valence-corrected chi connectivity index (χ2v) is 6.61. The van der Waals surface area contributed by atoms with Crippen LogP contribution in [0.3, 0.4) is 0 Å². The highest BCUT2D eigenvalue weighted by atomic mass is 35.5. The molecule has 1 aliphatic carbocycles. The van der Waals surface area contributed by atoms with Crippen LogP contribution in [0.2, 0.25) is 5.28 Å². The van der Waals surface area contributed by atoms with Crippen LogP contribution in [0.1, 0.15) is 19.3 Å². The minimum atomic E-state index is -3.61. The Bertz CT molecular complexity index is 508. The van der Waals surface area contributed by atoms with E-state index in [1.807, 2.05) is 0 Å². The Morgan fingerprint density at radius 3 is 2.89 bits per heavy atom. The first kappa shape index (κ1) is 13.8. The van der Waals surface area contributed by atoms with Crippen molar-refractivity contribution in [3.63, 3.8) is 0 Å². The third-order valence-electron chi connectivity index (χ3n) is 3.34. The minimum Gasteiger partial charge on any atom is -0.330 e. The van der Waals surface area contributed by atoms with Gasteiger partial charge in [0.1, 0.15) is 0 Å². The molecule has 1 heterocycles. The number of imidazole rings is 1. The standard InChI is InChI=1S/C10H17ClN4O2S/c1-15-6-9(13-10(15)11)18(16,17)14-8-4-2-3-7(8)5-12/h6-8,14H,2-5,12H2,1H3/t7-,8+/m0/s1. The van der Waals surface area contributed by atoms with Gasteiger partial charge >= 0.3 is 0 Å². The van der Waals surface area contributed by atoms with Gasteiger partial charge < -0.3 is 10.3 Å². The second kappa shape index (κ2) is 5.16. The lowest BCUT2D eigenvalue weighted by molar-refractivity contribution is 0.452. The first-order valence-corrected chi connectivity index (χ1v) is 7.71. The van der Waals surface area contributed by atoms with Gasteiger partial charge in [-0.2, -0.15) is 0 Å². The molecule has 2 rings (SSSR count). The molecule has 0 bridgehead atoms. The van der Waals surface area contributed by atoms with Gasteiger partial charge in [0.25, 0.3) is 10.0 Å². The Morgan fingerprint density at radius 2 is 2.33 bits per heavy atom. The Labute approximate surface area is 112 Å². The quantitative estimate of drug-likeness (QED) is 0.844. The van der Waals surface area contributed by atoms with Crippen LogP contribution in [0.4, 0.5) is 0 Å². The number of sulfonamides is 1. The Morgan fingerprint density at radius 1 is 1.61 bits per heavy atom. The van der Waals surface area contributed by atoms with Gasteiger partial charge in [-0.25, -0.2) is 18.1 Å². The molecule has 0 spiro atoms. The van der Waals surface area contributed by atoms with Crippen LogP contribution in [0.25, 0.3) is 0 Å². The van der Waals surface area contributed by atoms with Crippen molar-refractivity contribution in [2.75, 3.05) is 6.54 Å². The molecule has 2 atom stereocenters. The summed E-state index contributed by atoms with van der Waals surface area (Å²) < 4.78 is 28.4. The van der Waals surface area contributed by atoms with Crippen molar-refractivity contribution >= 4 is 21.6 Å². The van der Waals surface area contributed by atoms with E-state index in [4.69, 9.17) is 17.3 Å². The van der Waals surface area contributed by atoms with Gasteiger partial charge in [-0.05, 0) is 36.9 Å². The highest BCUT2D eigenvalue weighted by Crippen LogP contribution is 2.26. The number of aromatic nitrogens is 2. The fourth-order valence-electron chi connectivity index (χ4n) is 2.28. The topological polar surface area (TPSA) is 90.0 Å². The van der Waals surface area contributed by atoms with Crippen molar-refractivity contribution in [1.29, 1.82) is 0 Å². The van der Waals surface area contributed by atoms with Gasteiger partial charge in [-0.15, -0.1) is 0 Å². The predicted octanol–water partition coefficient (Wildman–Crippen LogP) is 0.479. The van der Waals surface area contributed by atoms with E-state index in [0.717, 1.165) is 19.3 Å². The smallest absolute Gasteiger partial charge is 0.259 e. The molecule has 1 fully saturated rings. The molecule has 6 nitrogen and oxygen atoms in total. The first-order valence-electron chi connectivity index (χ1n) is 5.85. The zero-order chi connectivity index (χ0) is 13.3. The molecule has 0 unspecified atom stereocenters. The van der Waals surface area contributed by atoms with Crippen molar-refractivity contribution in [2.24, 2.45) is 18.7 Å². The van der Waals surface area contributed by atoms with Gasteiger partial charge in [-0.3, -0.25) is 0 Å². The molecule has 102 valence electrons. The highest BCUT2D eigenvalue weighted by molar-refractivity contribution is 7.89.